The van der Waals surface area contributed by atoms with Gasteiger partial charge in [-0.2, -0.15) is 4.99 Å². The summed E-state index contributed by atoms with van der Waals surface area (Å²) in [4.78, 5) is 24.1. The van der Waals surface area contributed by atoms with Crippen LogP contribution in [-0.4, -0.2) is 50.7 Å². The quantitative estimate of drug-likeness (QED) is 0.241. The molecule has 2 aliphatic rings. The van der Waals surface area contributed by atoms with Gasteiger partial charge in [-0.25, -0.2) is 14.5 Å². The van der Waals surface area contributed by atoms with Gasteiger partial charge >= 0.3 is 12.4 Å². The molecular formula is C32H31F3N6O2S. The smallest absolute Gasteiger partial charge is 0.406 e. The highest BCUT2D eigenvalue weighted by Gasteiger charge is 2.32. The fourth-order valence-corrected chi connectivity index (χ4v) is 6.65. The van der Waals surface area contributed by atoms with E-state index in [1.807, 2.05) is 30.3 Å². The molecule has 8 nitrogen and oxygen atoms in total. The summed E-state index contributed by atoms with van der Waals surface area (Å²) in [5, 5.41) is 8.40. The molecule has 2 amide bonds. The topological polar surface area (TPSA) is 84.6 Å². The molecule has 12 heteroatoms. The minimum Gasteiger partial charge on any atom is -0.406 e. The summed E-state index contributed by atoms with van der Waals surface area (Å²) in [5.74, 6) is 1.29. The number of thioether (sulfide) groups is 1. The fourth-order valence-electron chi connectivity index (χ4n) is 5.70. The van der Waals surface area contributed by atoms with E-state index in [0.29, 0.717) is 11.5 Å². The van der Waals surface area contributed by atoms with Crippen molar-refractivity contribution in [3.05, 3.63) is 90.3 Å². The van der Waals surface area contributed by atoms with Crippen molar-refractivity contribution in [2.24, 2.45) is 4.99 Å². The van der Waals surface area contributed by atoms with Gasteiger partial charge in [-0.1, -0.05) is 54.6 Å². The van der Waals surface area contributed by atoms with Crippen LogP contribution in [0.5, 0.6) is 5.75 Å². The van der Waals surface area contributed by atoms with Gasteiger partial charge in [0.1, 0.15) is 12.1 Å². The van der Waals surface area contributed by atoms with E-state index >= 15 is 0 Å². The number of alkyl halides is 3. The number of nitrogens with one attached hydrogen (secondary N) is 1. The molecule has 2 unspecified atom stereocenters. The third-order valence-corrected chi connectivity index (χ3v) is 8.81. The van der Waals surface area contributed by atoms with Gasteiger partial charge in [-0.15, -0.1) is 18.3 Å². The Balaban J connectivity index is 1.11. The Morgan fingerprint density at radius 3 is 2.57 bits per heavy atom. The second kappa shape index (κ2) is 12.7. The second-order valence-corrected chi connectivity index (χ2v) is 11.9. The average molecular weight is 621 g/mol. The van der Waals surface area contributed by atoms with Crippen LogP contribution in [0.1, 0.15) is 42.7 Å². The van der Waals surface area contributed by atoms with Crippen LogP contribution in [0, 0.1) is 6.92 Å². The van der Waals surface area contributed by atoms with Crippen molar-refractivity contribution in [1.29, 1.82) is 0 Å². The molecule has 1 aromatic heterocycles. The van der Waals surface area contributed by atoms with Crippen molar-refractivity contribution in [3.63, 3.8) is 0 Å². The molecule has 4 aromatic rings. The Labute approximate surface area is 257 Å². The number of nitrogens with zero attached hydrogens (tertiary/aromatic N) is 5. The monoisotopic (exact) mass is 620 g/mol. The Bertz CT molecular complexity index is 1640. The summed E-state index contributed by atoms with van der Waals surface area (Å²) in [6.07, 6.45) is 0.658. The van der Waals surface area contributed by atoms with E-state index in [9.17, 15) is 18.0 Å². The minimum absolute atomic E-state index is 0.0136. The van der Waals surface area contributed by atoms with E-state index in [4.69, 9.17) is 0 Å². The fraction of sp³-hybridized carbons (Fsp3) is 0.312. The molecule has 6 rings (SSSR count). The number of hydrogen-bond acceptors (Lipinski definition) is 5. The zero-order valence-corrected chi connectivity index (χ0v) is 24.8. The highest BCUT2D eigenvalue weighted by Crippen LogP contribution is 2.36. The van der Waals surface area contributed by atoms with Gasteiger partial charge in [0.2, 0.25) is 0 Å². The summed E-state index contributed by atoms with van der Waals surface area (Å²) in [7, 11) is 0. The number of anilines is 1. The lowest BCUT2D eigenvalue weighted by Crippen LogP contribution is -2.38. The van der Waals surface area contributed by atoms with Gasteiger partial charge in [0.15, 0.2) is 11.0 Å². The molecule has 0 bridgehead atoms. The summed E-state index contributed by atoms with van der Waals surface area (Å²) in [5.41, 5.74) is 4.70. The predicted molar refractivity (Wildman–Crippen MR) is 165 cm³/mol. The molecule has 1 aliphatic heterocycles. The zero-order valence-electron chi connectivity index (χ0n) is 24.0. The van der Waals surface area contributed by atoms with E-state index in [0.717, 1.165) is 60.0 Å². The number of ether oxygens (including phenoxy) is 1. The maximum absolute atomic E-state index is 13.1. The molecule has 1 saturated heterocycles. The van der Waals surface area contributed by atoms with Crippen LogP contribution in [0.15, 0.2) is 84.1 Å². The lowest BCUT2D eigenvalue weighted by Gasteiger charge is -2.30. The van der Waals surface area contributed by atoms with Crippen molar-refractivity contribution in [2.45, 2.75) is 50.9 Å². The number of urea groups is 1. The molecular weight excluding hydrogens is 589 g/mol. The Kier molecular flexibility index (Phi) is 8.60. The molecule has 1 saturated carbocycles. The standard InChI is InChI=1S/C32H31F3N6O2S/c1-21-5-2-6-25(19-21)40-17-4-18-44-31(40)38-30(42)37-28-8-3-7-27(28)22-9-11-23(12-10-22)29-36-20-41(39-29)24-13-15-26(16-14-24)43-32(33,34)35/h2,5-6,9-16,19-20,27-28H,3-4,7-8,17-18H2,1H3,(H,37,42)/b38-31-. The largest absolute Gasteiger partial charge is 0.573 e. The number of aryl methyl sites for hydroxylation is 1. The average Bonchev–Trinajstić information content (AvgIpc) is 3.68. The lowest BCUT2D eigenvalue weighted by atomic mass is 9.93. The molecule has 228 valence electrons. The SMILES string of the molecule is Cc1cccc(N2CCCS/C2=N\C(=O)NC2CCCC2c2ccc(-c3ncn(-c4ccc(OC(F)(F)F)cc4)n3)cc2)c1. The molecule has 2 atom stereocenters. The lowest BCUT2D eigenvalue weighted by molar-refractivity contribution is -0.274. The number of aromatic nitrogens is 3. The van der Waals surface area contributed by atoms with Crippen molar-refractivity contribution in [1.82, 2.24) is 20.1 Å². The van der Waals surface area contributed by atoms with Gasteiger partial charge < -0.3 is 15.0 Å². The summed E-state index contributed by atoms with van der Waals surface area (Å²) < 4.78 is 42.8. The number of amidine groups is 1. The van der Waals surface area contributed by atoms with Crippen molar-refractivity contribution >= 4 is 28.6 Å². The Hall–Kier alpha value is -4.32. The van der Waals surface area contributed by atoms with Crippen LogP contribution in [0.2, 0.25) is 0 Å². The van der Waals surface area contributed by atoms with Gasteiger partial charge in [-0.05, 0) is 73.7 Å². The van der Waals surface area contributed by atoms with Crippen LogP contribution in [0.25, 0.3) is 17.1 Å². The van der Waals surface area contributed by atoms with E-state index in [2.05, 4.69) is 55.2 Å². The van der Waals surface area contributed by atoms with Crippen molar-refractivity contribution in [2.75, 3.05) is 17.2 Å². The molecule has 1 aliphatic carbocycles. The van der Waals surface area contributed by atoms with Crippen molar-refractivity contribution in [3.8, 4) is 22.8 Å². The van der Waals surface area contributed by atoms with Gasteiger partial charge in [-0.3, -0.25) is 0 Å². The first-order chi connectivity index (χ1) is 21.2. The molecule has 2 heterocycles. The van der Waals surface area contributed by atoms with E-state index < -0.39 is 6.36 Å². The van der Waals surface area contributed by atoms with Crippen LogP contribution in [0.4, 0.5) is 23.7 Å². The number of halogens is 3. The maximum Gasteiger partial charge on any atom is 0.573 e. The Morgan fingerprint density at radius 1 is 1.02 bits per heavy atom. The number of amides is 2. The second-order valence-electron chi connectivity index (χ2n) is 10.9. The summed E-state index contributed by atoms with van der Waals surface area (Å²) in [6, 6.07) is 21.3. The van der Waals surface area contributed by atoms with E-state index in [1.54, 1.807) is 11.8 Å². The normalized spacial score (nSPS) is 19.7. The molecule has 3 aromatic carbocycles. The van der Waals surface area contributed by atoms with E-state index in [1.165, 1.54) is 40.8 Å². The Morgan fingerprint density at radius 2 is 1.82 bits per heavy atom. The molecule has 2 fully saturated rings. The minimum atomic E-state index is -4.75. The number of benzene rings is 3. The van der Waals surface area contributed by atoms with Crippen molar-refractivity contribution < 1.29 is 22.7 Å². The predicted octanol–water partition coefficient (Wildman–Crippen LogP) is 7.49. The van der Waals surface area contributed by atoms with Gasteiger partial charge in [0.05, 0.1) is 5.69 Å². The summed E-state index contributed by atoms with van der Waals surface area (Å²) >= 11 is 1.61. The highest BCUT2D eigenvalue weighted by molar-refractivity contribution is 8.14. The zero-order chi connectivity index (χ0) is 30.7. The number of rotatable bonds is 6. The van der Waals surface area contributed by atoms with Crippen LogP contribution in [-0.2, 0) is 0 Å². The third kappa shape index (κ3) is 7.07. The first kappa shape index (κ1) is 29.7. The molecule has 1 N–H and O–H groups in total. The molecule has 0 spiro atoms. The summed E-state index contributed by atoms with van der Waals surface area (Å²) in [6.45, 7) is 2.89. The van der Waals surface area contributed by atoms with Crippen LogP contribution in [0.3, 0.4) is 0 Å². The van der Waals surface area contributed by atoms with Gasteiger partial charge in [0.25, 0.3) is 0 Å². The molecule has 0 radical (unpaired) electrons. The third-order valence-electron chi connectivity index (χ3n) is 7.75. The maximum atomic E-state index is 13.1. The highest BCUT2D eigenvalue weighted by atomic mass is 32.2. The number of aliphatic imine (C=N–C) groups is 1. The first-order valence-electron chi connectivity index (χ1n) is 14.5. The molecule has 44 heavy (non-hydrogen) atoms. The van der Waals surface area contributed by atoms with Gasteiger partial charge in [0, 0.05) is 35.5 Å². The number of carbonyl (C=O) groups excluding carboxylic acids is 1. The van der Waals surface area contributed by atoms with E-state index in [-0.39, 0.29) is 23.7 Å². The number of carbonyl (C=O) groups is 1. The van der Waals surface area contributed by atoms with Crippen LogP contribution < -0.4 is 15.0 Å². The van der Waals surface area contributed by atoms with Crippen LogP contribution >= 0.6 is 11.8 Å². The number of hydrogen-bond donors (Lipinski definition) is 1. The first-order valence-corrected chi connectivity index (χ1v) is 15.4.